The number of aromatic nitrogens is 4. The van der Waals surface area contributed by atoms with E-state index in [9.17, 15) is 9.59 Å². The number of carbonyl (C=O) groups is 2. The number of rotatable bonds is 6. The van der Waals surface area contributed by atoms with Crippen LogP contribution in [0.3, 0.4) is 0 Å². The number of hydrogen-bond acceptors (Lipinski definition) is 8. The van der Waals surface area contributed by atoms with Crippen molar-refractivity contribution in [3.8, 4) is 0 Å². The van der Waals surface area contributed by atoms with Crippen molar-refractivity contribution in [1.82, 2.24) is 24.3 Å². The van der Waals surface area contributed by atoms with Crippen molar-refractivity contribution in [2.45, 2.75) is 45.2 Å². The van der Waals surface area contributed by atoms with Crippen LogP contribution < -0.4 is 11.5 Å². The summed E-state index contributed by atoms with van der Waals surface area (Å²) in [7, 11) is 0. The van der Waals surface area contributed by atoms with Crippen molar-refractivity contribution < 1.29 is 9.59 Å². The number of imidazole rings is 1. The van der Waals surface area contributed by atoms with Gasteiger partial charge >= 0.3 is 0 Å². The number of nitrogens with zero attached hydrogens (tertiary/aromatic N) is 5. The topological polar surface area (TPSA) is 132 Å². The fourth-order valence-electron chi connectivity index (χ4n) is 4.74. The minimum atomic E-state index is -0.307. The molecule has 4 aromatic rings. The van der Waals surface area contributed by atoms with Crippen LogP contribution in [0.2, 0.25) is 5.02 Å². The lowest BCUT2D eigenvalue weighted by molar-refractivity contribution is 0.0728. The summed E-state index contributed by atoms with van der Waals surface area (Å²) >= 11 is 7.44. The molecule has 0 spiro atoms. The van der Waals surface area contributed by atoms with Crippen LogP contribution in [0.25, 0.3) is 5.65 Å². The molecule has 186 valence electrons. The molecule has 0 aliphatic carbocycles. The Hall–Kier alpha value is -3.34. The third-order valence-electron chi connectivity index (χ3n) is 6.50. The van der Waals surface area contributed by atoms with Gasteiger partial charge in [-0.25, -0.2) is 15.0 Å². The molecule has 5 rings (SSSR count). The van der Waals surface area contributed by atoms with Crippen LogP contribution in [0, 0.1) is 13.8 Å². The Morgan fingerprint density at radius 1 is 1.17 bits per heavy atom. The highest BCUT2D eigenvalue weighted by Crippen LogP contribution is 2.35. The highest BCUT2D eigenvalue weighted by Gasteiger charge is 2.37. The minimum Gasteiger partial charge on any atom is -0.384 e. The van der Waals surface area contributed by atoms with Crippen molar-refractivity contribution in [2.75, 3.05) is 12.3 Å². The minimum absolute atomic E-state index is 0.0504. The molecule has 1 aliphatic heterocycles. The standard InChI is InChI=1S/C25H26ClN7O2S/c1-13-7-22(28)29-14(2)17(13)4-5-21(34)19-12-36-24(31-19)20-8-16(27)10-33(20)25(35)18-11-32-9-15(26)3-6-23(32)30-18/h3,6-7,9,11-12,16,20H,4-5,8,10,27H2,1-2H3,(H2,28,29)/t16-,20+/m1/s1. The molecule has 1 fully saturated rings. The maximum atomic E-state index is 13.4. The van der Waals surface area contributed by atoms with E-state index in [1.807, 2.05) is 19.9 Å². The number of likely N-dealkylation sites (tertiary alicyclic amines) is 1. The first-order valence-corrected chi connectivity index (χ1v) is 12.9. The number of nitrogen functional groups attached to an aromatic ring is 1. The number of amides is 1. The maximum absolute atomic E-state index is 13.4. The number of hydrogen-bond donors (Lipinski definition) is 2. The molecule has 2 atom stereocenters. The Morgan fingerprint density at radius 2 is 1.97 bits per heavy atom. The first-order chi connectivity index (χ1) is 17.2. The Labute approximate surface area is 217 Å². The Morgan fingerprint density at radius 3 is 2.75 bits per heavy atom. The van der Waals surface area contributed by atoms with Crippen LogP contribution in [0.4, 0.5) is 5.82 Å². The molecule has 11 heteroatoms. The molecule has 4 aromatic heterocycles. The third kappa shape index (κ3) is 4.71. The van der Waals surface area contributed by atoms with Gasteiger partial charge < -0.3 is 20.8 Å². The van der Waals surface area contributed by atoms with Crippen molar-refractivity contribution >= 4 is 46.1 Å². The second kappa shape index (κ2) is 9.61. The molecule has 36 heavy (non-hydrogen) atoms. The van der Waals surface area contributed by atoms with E-state index in [1.165, 1.54) is 11.3 Å². The van der Waals surface area contributed by atoms with Crippen molar-refractivity contribution in [3.63, 3.8) is 0 Å². The average molecular weight is 524 g/mol. The molecule has 0 unspecified atom stereocenters. The molecule has 0 radical (unpaired) electrons. The van der Waals surface area contributed by atoms with Gasteiger partial charge in [-0.1, -0.05) is 11.6 Å². The van der Waals surface area contributed by atoms with E-state index in [0.29, 0.717) is 58.7 Å². The summed E-state index contributed by atoms with van der Waals surface area (Å²) in [6.45, 7) is 4.26. The Bertz CT molecular complexity index is 1460. The SMILES string of the molecule is Cc1cc(N)nc(C)c1CCC(=O)c1csc([C@@H]2C[C@@H](N)CN2C(=O)c2cn3cc(Cl)ccc3n2)n1. The summed E-state index contributed by atoms with van der Waals surface area (Å²) < 4.78 is 1.72. The molecular weight excluding hydrogens is 498 g/mol. The normalized spacial score (nSPS) is 17.7. The fourth-order valence-corrected chi connectivity index (χ4v) is 5.86. The number of thiazole rings is 1. The monoisotopic (exact) mass is 523 g/mol. The summed E-state index contributed by atoms with van der Waals surface area (Å²) in [5.41, 5.74) is 16.3. The van der Waals surface area contributed by atoms with Crippen LogP contribution in [-0.2, 0) is 6.42 Å². The first-order valence-electron chi connectivity index (χ1n) is 11.6. The largest absolute Gasteiger partial charge is 0.384 e. The van der Waals surface area contributed by atoms with Gasteiger partial charge in [0.25, 0.3) is 5.91 Å². The lowest BCUT2D eigenvalue weighted by Gasteiger charge is -2.21. The van der Waals surface area contributed by atoms with Crippen LogP contribution >= 0.6 is 22.9 Å². The number of fused-ring (bicyclic) bond motifs is 1. The second-order valence-corrected chi connectivity index (χ2v) is 10.5. The van der Waals surface area contributed by atoms with Gasteiger partial charge in [0.1, 0.15) is 27.9 Å². The van der Waals surface area contributed by atoms with Gasteiger partial charge in [-0.2, -0.15) is 0 Å². The van der Waals surface area contributed by atoms with Gasteiger partial charge in [-0.15, -0.1) is 11.3 Å². The number of carbonyl (C=O) groups excluding carboxylic acids is 2. The number of anilines is 1. The number of Topliss-reactive ketones (excluding diaryl/α,β-unsaturated/α-hetero) is 1. The number of nitrogens with two attached hydrogens (primary N) is 2. The average Bonchev–Trinajstić information content (AvgIpc) is 3.55. The zero-order valence-corrected chi connectivity index (χ0v) is 21.5. The van der Waals surface area contributed by atoms with Gasteiger partial charge in [0, 0.05) is 42.5 Å². The number of ketones is 1. The van der Waals surface area contributed by atoms with Gasteiger partial charge in [0.2, 0.25) is 0 Å². The summed E-state index contributed by atoms with van der Waals surface area (Å²) in [6, 6.07) is 4.82. The van der Waals surface area contributed by atoms with Crippen LogP contribution in [0.1, 0.15) is 61.7 Å². The third-order valence-corrected chi connectivity index (χ3v) is 7.67. The maximum Gasteiger partial charge on any atom is 0.274 e. The van der Waals surface area contributed by atoms with E-state index in [0.717, 1.165) is 16.8 Å². The van der Waals surface area contributed by atoms with E-state index in [1.54, 1.807) is 39.2 Å². The molecule has 1 saturated heterocycles. The quantitative estimate of drug-likeness (QED) is 0.367. The summed E-state index contributed by atoms with van der Waals surface area (Å²) in [6.07, 6.45) is 4.81. The van der Waals surface area contributed by atoms with E-state index in [-0.39, 0.29) is 23.8 Å². The number of pyridine rings is 2. The molecule has 9 nitrogen and oxygen atoms in total. The fraction of sp³-hybridized carbons (Fsp3) is 0.320. The van der Waals surface area contributed by atoms with Crippen molar-refractivity contribution in [3.05, 3.63) is 74.2 Å². The summed E-state index contributed by atoms with van der Waals surface area (Å²) in [4.78, 5) is 41.4. The molecular formula is C25H26ClN7O2S. The first kappa shape index (κ1) is 24.4. The van der Waals surface area contributed by atoms with Gasteiger partial charge in [0.05, 0.1) is 11.1 Å². The smallest absolute Gasteiger partial charge is 0.274 e. The van der Waals surface area contributed by atoms with E-state index in [4.69, 9.17) is 23.1 Å². The summed E-state index contributed by atoms with van der Waals surface area (Å²) in [5.74, 6) is 0.203. The van der Waals surface area contributed by atoms with E-state index >= 15 is 0 Å². The number of aryl methyl sites for hydroxylation is 2. The Balaban J connectivity index is 1.32. The molecule has 0 aromatic carbocycles. The Kier molecular flexibility index (Phi) is 6.50. The molecule has 0 bridgehead atoms. The molecule has 1 amide bonds. The number of halogens is 1. The van der Waals surface area contributed by atoms with Crippen LogP contribution in [0.15, 0.2) is 36.0 Å². The zero-order chi connectivity index (χ0) is 25.6. The molecule has 1 aliphatic rings. The predicted octanol–water partition coefficient (Wildman–Crippen LogP) is 3.77. The van der Waals surface area contributed by atoms with Crippen LogP contribution in [0.5, 0.6) is 0 Å². The van der Waals surface area contributed by atoms with Crippen molar-refractivity contribution in [2.24, 2.45) is 5.73 Å². The van der Waals surface area contributed by atoms with Gasteiger partial charge in [0.15, 0.2) is 5.78 Å². The second-order valence-electron chi connectivity index (χ2n) is 9.13. The van der Waals surface area contributed by atoms with Gasteiger partial charge in [-0.05, 0) is 56.0 Å². The van der Waals surface area contributed by atoms with Crippen molar-refractivity contribution in [1.29, 1.82) is 0 Å². The lowest BCUT2D eigenvalue weighted by atomic mass is 10.0. The lowest BCUT2D eigenvalue weighted by Crippen LogP contribution is -2.33. The predicted molar refractivity (Wildman–Crippen MR) is 139 cm³/mol. The highest BCUT2D eigenvalue weighted by molar-refractivity contribution is 7.09. The molecule has 4 N–H and O–H groups in total. The zero-order valence-electron chi connectivity index (χ0n) is 19.9. The molecule has 0 saturated carbocycles. The van der Waals surface area contributed by atoms with E-state index in [2.05, 4.69) is 15.0 Å². The van der Waals surface area contributed by atoms with Crippen LogP contribution in [-0.4, -0.2) is 48.5 Å². The highest BCUT2D eigenvalue weighted by atomic mass is 35.5. The summed E-state index contributed by atoms with van der Waals surface area (Å²) in [5, 5.41) is 3.02. The van der Waals surface area contributed by atoms with E-state index < -0.39 is 0 Å². The molecule has 5 heterocycles. The van der Waals surface area contributed by atoms with Gasteiger partial charge in [-0.3, -0.25) is 9.59 Å².